The van der Waals surface area contributed by atoms with Crippen LogP contribution in [0, 0.1) is 6.92 Å². The average Bonchev–Trinajstić information content (AvgIpc) is 2.85. The van der Waals surface area contributed by atoms with Crippen LogP contribution in [0.25, 0.3) is 0 Å². The van der Waals surface area contributed by atoms with Crippen molar-refractivity contribution in [2.75, 3.05) is 45.8 Å². The Morgan fingerprint density at radius 3 is 2.26 bits per heavy atom. The molecule has 182 valence electrons. The van der Waals surface area contributed by atoms with E-state index in [9.17, 15) is 9.59 Å². The number of likely N-dealkylation sites (tertiary alicyclic amines) is 1. The largest absolute Gasteiger partial charge is 0.353 e. The summed E-state index contributed by atoms with van der Waals surface area (Å²) in [5.41, 5.74) is 3.83. The Morgan fingerprint density at radius 2 is 1.56 bits per heavy atom. The number of aryl methyl sites for hydroxylation is 2. The minimum Gasteiger partial charge on any atom is -0.353 e. The van der Waals surface area contributed by atoms with E-state index in [0.717, 1.165) is 65.1 Å². The monoisotopic (exact) mass is 462 g/mol. The van der Waals surface area contributed by atoms with Crippen LogP contribution in [-0.2, 0) is 22.6 Å². The van der Waals surface area contributed by atoms with Crippen molar-refractivity contribution in [1.82, 2.24) is 20.0 Å². The number of piperidine rings is 1. The predicted molar refractivity (Wildman–Crippen MR) is 135 cm³/mol. The standard InChI is InChI=1S/C28H38N4O2/c1-23-6-5-9-25(20-23)21-31-16-18-32(19-17-31)28(34)22-30-14-12-26(13-15-30)29-27(33)11-10-24-7-3-2-4-8-24/h2-9,20,26H,10-19,21-22H2,1H3,(H,29,33). The number of carbonyl (C=O) groups is 2. The third-order valence-corrected chi connectivity index (χ3v) is 7.01. The first-order valence-corrected chi connectivity index (χ1v) is 12.7. The van der Waals surface area contributed by atoms with Crippen LogP contribution in [0.4, 0.5) is 0 Å². The molecular weight excluding hydrogens is 424 g/mol. The van der Waals surface area contributed by atoms with Gasteiger partial charge in [0.05, 0.1) is 6.54 Å². The summed E-state index contributed by atoms with van der Waals surface area (Å²) in [6, 6.07) is 19.0. The highest BCUT2D eigenvalue weighted by Gasteiger charge is 2.26. The lowest BCUT2D eigenvalue weighted by Gasteiger charge is -2.37. The van der Waals surface area contributed by atoms with Crippen LogP contribution in [-0.4, -0.2) is 78.4 Å². The lowest BCUT2D eigenvalue weighted by atomic mass is 10.0. The number of rotatable bonds is 8. The Bertz CT molecular complexity index is 932. The molecule has 1 N–H and O–H groups in total. The van der Waals surface area contributed by atoms with Gasteiger partial charge < -0.3 is 10.2 Å². The van der Waals surface area contributed by atoms with Gasteiger partial charge in [-0.15, -0.1) is 0 Å². The van der Waals surface area contributed by atoms with Crippen molar-refractivity contribution < 1.29 is 9.59 Å². The minimum atomic E-state index is 0.127. The summed E-state index contributed by atoms with van der Waals surface area (Å²) in [5.74, 6) is 0.363. The van der Waals surface area contributed by atoms with Gasteiger partial charge in [-0.05, 0) is 37.3 Å². The van der Waals surface area contributed by atoms with E-state index in [1.807, 2.05) is 23.1 Å². The van der Waals surface area contributed by atoms with Crippen molar-refractivity contribution in [3.05, 3.63) is 71.3 Å². The van der Waals surface area contributed by atoms with E-state index in [1.54, 1.807) is 0 Å². The molecule has 0 radical (unpaired) electrons. The maximum absolute atomic E-state index is 12.9. The van der Waals surface area contributed by atoms with E-state index < -0.39 is 0 Å². The van der Waals surface area contributed by atoms with Crippen molar-refractivity contribution in [1.29, 1.82) is 0 Å². The van der Waals surface area contributed by atoms with E-state index in [1.165, 1.54) is 16.7 Å². The highest BCUT2D eigenvalue weighted by Crippen LogP contribution is 2.14. The number of piperazine rings is 1. The number of nitrogens with zero attached hydrogens (tertiary/aromatic N) is 3. The topological polar surface area (TPSA) is 55.9 Å². The zero-order valence-electron chi connectivity index (χ0n) is 20.4. The summed E-state index contributed by atoms with van der Waals surface area (Å²) >= 11 is 0. The molecule has 2 aliphatic rings. The maximum atomic E-state index is 12.9. The summed E-state index contributed by atoms with van der Waals surface area (Å²) in [6.45, 7) is 8.76. The van der Waals surface area contributed by atoms with Crippen LogP contribution >= 0.6 is 0 Å². The van der Waals surface area contributed by atoms with Crippen LogP contribution in [0.2, 0.25) is 0 Å². The second-order valence-corrected chi connectivity index (χ2v) is 9.75. The fourth-order valence-electron chi connectivity index (χ4n) is 4.95. The third kappa shape index (κ3) is 7.40. The molecule has 2 saturated heterocycles. The maximum Gasteiger partial charge on any atom is 0.236 e. The van der Waals surface area contributed by atoms with E-state index in [4.69, 9.17) is 0 Å². The van der Waals surface area contributed by atoms with Gasteiger partial charge in [0.1, 0.15) is 0 Å². The molecule has 34 heavy (non-hydrogen) atoms. The van der Waals surface area contributed by atoms with Crippen molar-refractivity contribution in [2.24, 2.45) is 0 Å². The quantitative estimate of drug-likeness (QED) is 0.656. The molecule has 0 unspecified atom stereocenters. The van der Waals surface area contributed by atoms with E-state index in [-0.39, 0.29) is 17.9 Å². The Hall–Kier alpha value is -2.70. The summed E-state index contributed by atoms with van der Waals surface area (Å²) in [4.78, 5) is 31.9. The second-order valence-electron chi connectivity index (χ2n) is 9.75. The number of nitrogens with one attached hydrogen (secondary N) is 1. The fraction of sp³-hybridized carbons (Fsp3) is 0.500. The lowest BCUT2D eigenvalue weighted by molar-refractivity contribution is -0.134. The highest BCUT2D eigenvalue weighted by atomic mass is 16.2. The summed E-state index contributed by atoms with van der Waals surface area (Å²) in [6.07, 6.45) is 3.13. The van der Waals surface area contributed by atoms with Crippen LogP contribution in [0.1, 0.15) is 36.0 Å². The van der Waals surface area contributed by atoms with Gasteiger partial charge in [-0.1, -0.05) is 60.2 Å². The molecule has 0 atom stereocenters. The van der Waals surface area contributed by atoms with E-state index in [0.29, 0.717) is 13.0 Å². The molecule has 2 amide bonds. The van der Waals surface area contributed by atoms with Crippen LogP contribution in [0.3, 0.4) is 0 Å². The second kappa shape index (κ2) is 12.1. The van der Waals surface area contributed by atoms with Crippen molar-refractivity contribution in [2.45, 2.75) is 45.2 Å². The normalized spacial score (nSPS) is 18.1. The molecule has 4 rings (SSSR count). The van der Waals surface area contributed by atoms with Gasteiger partial charge in [0, 0.05) is 58.3 Å². The molecule has 6 nitrogen and oxygen atoms in total. The van der Waals surface area contributed by atoms with Crippen LogP contribution in [0.5, 0.6) is 0 Å². The van der Waals surface area contributed by atoms with Crippen LogP contribution < -0.4 is 5.32 Å². The molecule has 2 aromatic carbocycles. The molecule has 0 saturated carbocycles. The number of benzene rings is 2. The fourth-order valence-corrected chi connectivity index (χ4v) is 4.95. The third-order valence-electron chi connectivity index (χ3n) is 7.01. The molecule has 0 spiro atoms. The van der Waals surface area contributed by atoms with Gasteiger partial charge in [0.15, 0.2) is 0 Å². The van der Waals surface area contributed by atoms with E-state index >= 15 is 0 Å². The zero-order valence-corrected chi connectivity index (χ0v) is 20.4. The van der Waals surface area contributed by atoms with Gasteiger partial charge >= 0.3 is 0 Å². The zero-order chi connectivity index (χ0) is 23.8. The van der Waals surface area contributed by atoms with E-state index in [2.05, 4.69) is 58.4 Å². The van der Waals surface area contributed by atoms with Crippen molar-refractivity contribution >= 4 is 11.8 Å². The smallest absolute Gasteiger partial charge is 0.236 e. The first kappa shape index (κ1) is 24.4. The molecule has 0 aliphatic carbocycles. The Morgan fingerprint density at radius 1 is 0.853 bits per heavy atom. The number of hydrogen-bond acceptors (Lipinski definition) is 4. The highest BCUT2D eigenvalue weighted by molar-refractivity contribution is 5.78. The van der Waals surface area contributed by atoms with Crippen LogP contribution in [0.15, 0.2) is 54.6 Å². The predicted octanol–water partition coefficient (Wildman–Crippen LogP) is 2.85. The van der Waals surface area contributed by atoms with Gasteiger partial charge in [-0.2, -0.15) is 0 Å². The van der Waals surface area contributed by atoms with Gasteiger partial charge in [0.2, 0.25) is 11.8 Å². The van der Waals surface area contributed by atoms with Gasteiger partial charge in [-0.25, -0.2) is 0 Å². The molecule has 6 heteroatoms. The Balaban J connectivity index is 1.11. The van der Waals surface area contributed by atoms with Crippen molar-refractivity contribution in [3.63, 3.8) is 0 Å². The molecule has 0 aromatic heterocycles. The average molecular weight is 463 g/mol. The Kier molecular flexibility index (Phi) is 8.72. The first-order chi connectivity index (χ1) is 16.5. The summed E-state index contributed by atoms with van der Waals surface area (Å²) in [5, 5.41) is 3.19. The number of hydrogen-bond donors (Lipinski definition) is 1. The Labute approximate surface area is 203 Å². The molecular formula is C28H38N4O2. The molecule has 2 fully saturated rings. The van der Waals surface area contributed by atoms with Crippen molar-refractivity contribution in [3.8, 4) is 0 Å². The number of carbonyl (C=O) groups excluding carboxylic acids is 2. The molecule has 2 aliphatic heterocycles. The first-order valence-electron chi connectivity index (χ1n) is 12.7. The SMILES string of the molecule is Cc1cccc(CN2CCN(C(=O)CN3CCC(NC(=O)CCc4ccccc4)CC3)CC2)c1. The minimum absolute atomic E-state index is 0.127. The summed E-state index contributed by atoms with van der Waals surface area (Å²) < 4.78 is 0. The van der Waals surface area contributed by atoms with Gasteiger partial charge in [-0.3, -0.25) is 19.4 Å². The summed E-state index contributed by atoms with van der Waals surface area (Å²) in [7, 11) is 0. The lowest BCUT2D eigenvalue weighted by Crippen LogP contribution is -2.52. The number of amides is 2. The van der Waals surface area contributed by atoms with Gasteiger partial charge in [0.25, 0.3) is 0 Å². The molecule has 0 bridgehead atoms. The molecule has 2 heterocycles. The molecule has 2 aromatic rings.